The third-order valence-corrected chi connectivity index (χ3v) is 5.74. The van der Waals surface area contributed by atoms with E-state index >= 15 is 0 Å². The largest absolute Gasteiger partial charge is 0.462 e. The van der Waals surface area contributed by atoms with E-state index in [0.29, 0.717) is 35.7 Å². The molecule has 0 spiro atoms. The lowest BCUT2D eigenvalue weighted by molar-refractivity contribution is 0.0525. The molecule has 3 aromatic rings. The number of Topliss-reactive ketones (excluding diaryl/α,β-unsaturated/α-hetero) is 1. The lowest BCUT2D eigenvalue weighted by Gasteiger charge is -2.35. The minimum Gasteiger partial charge on any atom is -0.462 e. The maximum Gasteiger partial charge on any atom is 0.340 e. The molecule has 0 aliphatic carbocycles. The number of carbonyl (C=O) groups excluding carboxylic acids is 2. The Hall–Kier alpha value is -3.27. The smallest absolute Gasteiger partial charge is 0.340 e. The Balaban J connectivity index is 1.42. The summed E-state index contributed by atoms with van der Waals surface area (Å²) in [6, 6.07) is 0. The van der Waals surface area contributed by atoms with Crippen LogP contribution in [0.25, 0.3) is 11.0 Å². The van der Waals surface area contributed by atoms with E-state index in [-0.39, 0.29) is 5.78 Å². The molecule has 164 valence electrons. The van der Waals surface area contributed by atoms with E-state index in [2.05, 4.69) is 29.9 Å². The molecule has 1 fully saturated rings. The van der Waals surface area contributed by atoms with Crippen molar-refractivity contribution >= 4 is 28.6 Å². The average Bonchev–Trinajstić information content (AvgIpc) is 3.28. The van der Waals surface area contributed by atoms with Gasteiger partial charge in [0.2, 0.25) is 0 Å². The maximum atomic E-state index is 12.9. The highest BCUT2D eigenvalue weighted by molar-refractivity contribution is 6.02. The van der Waals surface area contributed by atoms with Gasteiger partial charge in [0.25, 0.3) is 0 Å². The summed E-state index contributed by atoms with van der Waals surface area (Å²) in [5.74, 6) is 0.452. The third kappa shape index (κ3) is 3.90. The van der Waals surface area contributed by atoms with E-state index < -0.39 is 5.97 Å². The van der Waals surface area contributed by atoms with Crippen molar-refractivity contribution in [2.45, 2.75) is 20.8 Å². The molecule has 10 heteroatoms. The topological polar surface area (TPSA) is 109 Å². The average molecular weight is 425 g/mol. The Morgan fingerprint density at radius 1 is 1.16 bits per heavy atom. The Bertz CT molecular complexity index is 1130. The zero-order valence-corrected chi connectivity index (χ0v) is 18.3. The van der Waals surface area contributed by atoms with Gasteiger partial charge in [0.05, 0.1) is 36.0 Å². The first-order valence-corrected chi connectivity index (χ1v) is 10.4. The molecule has 0 bridgehead atoms. The SMILES string of the molecule is CCOC(=O)c1c(C)[nH]c(C(=O)CN2CCN(c3ncnc4c3cnn4C)CC2)c1C. The van der Waals surface area contributed by atoms with Crippen LogP contribution in [-0.2, 0) is 11.8 Å². The van der Waals surface area contributed by atoms with Crippen LogP contribution in [0.2, 0.25) is 0 Å². The number of aryl methyl sites for hydroxylation is 2. The fraction of sp³-hybridized carbons (Fsp3) is 0.476. The van der Waals surface area contributed by atoms with Crippen molar-refractivity contribution in [2.24, 2.45) is 7.05 Å². The number of H-pyrrole nitrogens is 1. The van der Waals surface area contributed by atoms with Gasteiger partial charge in [-0.3, -0.25) is 14.4 Å². The van der Waals surface area contributed by atoms with Crippen molar-refractivity contribution in [3.8, 4) is 0 Å². The van der Waals surface area contributed by atoms with E-state index in [1.54, 1.807) is 38.0 Å². The van der Waals surface area contributed by atoms with E-state index in [9.17, 15) is 9.59 Å². The number of aromatic amines is 1. The number of ketones is 1. The normalized spacial score (nSPS) is 14.9. The van der Waals surface area contributed by atoms with Crippen LogP contribution in [0.5, 0.6) is 0 Å². The molecule has 4 heterocycles. The monoisotopic (exact) mass is 425 g/mol. The Morgan fingerprint density at radius 2 is 1.90 bits per heavy atom. The summed E-state index contributed by atoms with van der Waals surface area (Å²) in [4.78, 5) is 41.3. The number of nitrogens with one attached hydrogen (secondary N) is 1. The van der Waals surface area contributed by atoms with Crippen LogP contribution in [0.4, 0.5) is 5.82 Å². The Morgan fingerprint density at radius 3 is 2.61 bits per heavy atom. The lowest BCUT2D eigenvalue weighted by atomic mass is 10.1. The molecule has 0 amide bonds. The van der Waals surface area contributed by atoms with Crippen LogP contribution in [0.15, 0.2) is 12.5 Å². The molecule has 0 aromatic carbocycles. The molecule has 1 aliphatic heterocycles. The van der Waals surface area contributed by atoms with Gasteiger partial charge in [-0.15, -0.1) is 0 Å². The van der Waals surface area contributed by atoms with Gasteiger partial charge in [-0.2, -0.15) is 5.10 Å². The van der Waals surface area contributed by atoms with Crippen LogP contribution in [-0.4, -0.2) is 80.7 Å². The van der Waals surface area contributed by atoms with Gasteiger partial charge in [0, 0.05) is 38.9 Å². The molecular formula is C21H27N7O3. The van der Waals surface area contributed by atoms with Crippen molar-refractivity contribution in [3.63, 3.8) is 0 Å². The second kappa shape index (κ2) is 8.46. The zero-order chi connectivity index (χ0) is 22.1. The Kier molecular flexibility index (Phi) is 5.73. The molecule has 1 saturated heterocycles. The summed E-state index contributed by atoms with van der Waals surface area (Å²) in [6.45, 7) is 8.92. The van der Waals surface area contributed by atoms with Crippen molar-refractivity contribution in [1.29, 1.82) is 0 Å². The molecule has 1 aliphatic rings. The standard InChI is InChI=1S/C21H27N7O3/c1-5-31-21(30)17-13(2)18(25-14(17)3)16(29)11-27-6-8-28(9-7-27)20-15-10-24-26(4)19(15)22-12-23-20/h10,12,25H,5-9,11H2,1-4H3. The predicted molar refractivity (Wildman–Crippen MR) is 116 cm³/mol. The zero-order valence-electron chi connectivity index (χ0n) is 18.3. The van der Waals surface area contributed by atoms with Gasteiger partial charge in [-0.05, 0) is 26.3 Å². The molecule has 3 aromatic heterocycles. The predicted octanol–water partition coefficient (Wildman–Crippen LogP) is 1.49. The van der Waals surface area contributed by atoms with Gasteiger partial charge in [0.15, 0.2) is 11.4 Å². The van der Waals surface area contributed by atoms with E-state index in [4.69, 9.17) is 4.74 Å². The second-order valence-electron chi connectivity index (χ2n) is 7.73. The first-order valence-electron chi connectivity index (χ1n) is 10.4. The molecule has 4 rings (SSSR count). The summed E-state index contributed by atoms with van der Waals surface area (Å²) in [5.41, 5.74) is 3.06. The highest BCUT2D eigenvalue weighted by Gasteiger charge is 2.26. The lowest BCUT2D eigenvalue weighted by Crippen LogP contribution is -2.48. The second-order valence-corrected chi connectivity index (χ2v) is 7.73. The van der Waals surface area contributed by atoms with Gasteiger partial charge in [-0.1, -0.05) is 0 Å². The first kappa shape index (κ1) is 21.0. The van der Waals surface area contributed by atoms with E-state index in [1.807, 2.05) is 7.05 Å². The molecule has 0 unspecified atom stereocenters. The van der Waals surface area contributed by atoms with Crippen molar-refractivity contribution in [3.05, 3.63) is 35.0 Å². The summed E-state index contributed by atoms with van der Waals surface area (Å²) < 4.78 is 6.85. The van der Waals surface area contributed by atoms with Crippen LogP contribution >= 0.6 is 0 Å². The van der Waals surface area contributed by atoms with Crippen molar-refractivity contribution in [2.75, 3.05) is 44.2 Å². The molecule has 1 N–H and O–H groups in total. The number of piperazine rings is 1. The molecular weight excluding hydrogens is 398 g/mol. The number of nitrogens with zero attached hydrogens (tertiary/aromatic N) is 6. The number of hydrogen-bond donors (Lipinski definition) is 1. The van der Waals surface area contributed by atoms with Crippen molar-refractivity contribution < 1.29 is 14.3 Å². The number of fused-ring (bicyclic) bond motifs is 1. The number of esters is 1. The summed E-state index contributed by atoms with van der Waals surface area (Å²) in [7, 11) is 1.86. The molecule has 0 saturated carbocycles. The number of hydrogen-bond acceptors (Lipinski definition) is 8. The minimum atomic E-state index is -0.395. The molecule has 10 nitrogen and oxygen atoms in total. The molecule has 0 atom stereocenters. The maximum absolute atomic E-state index is 12.9. The number of anilines is 1. The molecule has 31 heavy (non-hydrogen) atoms. The quantitative estimate of drug-likeness (QED) is 0.467. The number of rotatable bonds is 6. The van der Waals surface area contributed by atoms with Crippen LogP contribution in [0, 0.1) is 13.8 Å². The first-order chi connectivity index (χ1) is 14.9. The van der Waals surface area contributed by atoms with E-state index in [1.165, 1.54) is 0 Å². The fourth-order valence-electron chi connectivity index (χ4n) is 4.14. The number of aromatic nitrogens is 5. The van der Waals surface area contributed by atoms with Gasteiger partial charge >= 0.3 is 5.97 Å². The van der Waals surface area contributed by atoms with E-state index in [0.717, 1.165) is 43.0 Å². The minimum absolute atomic E-state index is 0.0266. The Labute approximate surface area is 180 Å². The van der Waals surface area contributed by atoms with Crippen LogP contribution in [0.1, 0.15) is 39.0 Å². The summed E-state index contributed by atoms with van der Waals surface area (Å²) in [6.07, 6.45) is 3.35. The number of carbonyl (C=O) groups is 2. The van der Waals surface area contributed by atoms with Gasteiger partial charge < -0.3 is 14.6 Å². The van der Waals surface area contributed by atoms with Gasteiger partial charge in [-0.25, -0.2) is 14.8 Å². The highest BCUT2D eigenvalue weighted by atomic mass is 16.5. The third-order valence-electron chi connectivity index (χ3n) is 5.74. The van der Waals surface area contributed by atoms with Gasteiger partial charge in [0.1, 0.15) is 12.1 Å². The number of ether oxygens (including phenoxy) is 1. The fourth-order valence-corrected chi connectivity index (χ4v) is 4.14. The molecule has 0 radical (unpaired) electrons. The van der Waals surface area contributed by atoms with Crippen LogP contribution in [0.3, 0.4) is 0 Å². The summed E-state index contributed by atoms with van der Waals surface area (Å²) in [5, 5.41) is 5.21. The highest BCUT2D eigenvalue weighted by Crippen LogP contribution is 2.24. The van der Waals surface area contributed by atoms with Crippen LogP contribution < -0.4 is 4.90 Å². The summed E-state index contributed by atoms with van der Waals surface area (Å²) >= 11 is 0. The van der Waals surface area contributed by atoms with Crippen molar-refractivity contribution in [1.82, 2.24) is 29.6 Å².